The van der Waals surface area contributed by atoms with Crippen LogP contribution in [-0.4, -0.2) is 32.6 Å². The van der Waals surface area contributed by atoms with Gasteiger partial charge in [-0.1, -0.05) is 18.2 Å². The molecule has 0 aliphatic heterocycles. The molecule has 72 valence electrons. The van der Waals surface area contributed by atoms with E-state index < -0.39 is 0 Å². The summed E-state index contributed by atoms with van der Waals surface area (Å²) < 4.78 is 5.26. The van der Waals surface area contributed by atoms with Gasteiger partial charge in [-0.3, -0.25) is 0 Å². The van der Waals surface area contributed by atoms with E-state index in [0.29, 0.717) is 0 Å². The molecule has 0 aliphatic carbocycles. The Morgan fingerprint density at radius 3 is 2.54 bits per heavy atom. The lowest BCUT2D eigenvalue weighted by atomic mass is 10.1. The Morgan fingerprint density at radius 2 is 1.92 bits per heavy atom. The fraction of sp³-hybridized carbons (Fsp3) is 0.455. The highest BCUT2D eigenvalue weighted by Gasteiger charge is 2.00. The molecule has 0 amide bonds. The number of likely N-dealkylation sites (N-methyl/N-ethyl adjacent to an activating group) is 1. The van der Waals surface area contributed by atoms with Gasteiger partial charge in [0.2, 0.25) is 0 Å². The zero-order chi connectivity index (χ0) is 9.68. The molecule has 0 spiro atoms. The zero-order valence-corrected chi connectivity index (χ0v) is 8.58. The molecule has 0 saturated carbocycles. The first kappa shape index (κ1) is 10.1. The highest BCUT2D eigenvalue weighted by atomic mass is 16.5. The summed E-state index contributed by atoms with van der Waals surface area (Å²) in [4.78, 5) is 2.17. The Morgan fingerprint density at radius 1 is 1.23 bits per heavy atom. The molecule has 0 aromatic heterocycles. The van der Waals surface area contributed by atoms with Crippen LogP contribution < -0.4 is 4.74 Å². The number of para-hydroxylation sites is 1. The summed E-state index contributed by atoms with van der Waals surface area (Å²) in [5, 5.41) is 0. The van der Waals surface area contributed by atoms with Gasteiger partial charge < -0.3 is 9.64 Å². The van der Waals surface area contributed by atoms with Crippen molar-refractivity contribution in [1.82, 2.24) is 4.90 Å². The first-order valence-corrected chi connectivity index (χ1v) is 4.50. The van der Waals surface area contributed by atoms with Crippen LogP contribution in [0, 0.1) is 0 Å². The lowest BCUT2D eigenvalue weighted by Gasteiger charge is -2.11. The van der Waals surface area contributed by atoms with E-state index in [-0.39, 0.29) is 0 Å². The van der Waals surface area contributed by atoms with Crippen LogP contribution in [0.1, 0.15) is 5.56 Å². The average molecular weight is 179 g/mol. The Balaban J connectivity index is 2.64. The second-order valence-corrected chi connectivity index (χ2v) is 3.37. The Kier molecular flexibility index (Phi) is 3.77. The van der Waals surface area contributed by atoms with Crippen molar-refractivity contribution in [2.75, 3.05) is 27.7 Å². The smallest absolute Gasteiger partial charge is 0.122 e. The molecule has 1 aromatic rings. The van der Waals surface area contributed by atoms with Crippen LogP contribution in [0.3, 0.4) is 0 Å². The highest BCUT2D eigenvalue weighted by Crippen LogP contribution is 2.17. The molecule has 1 aromatic carbocycles. The quantitative estimate of drug-likeness (QED) is 0.699. The number of rotatable bonds is 4. The van der Waals surface area contributed by atoms with E-state index in [0.717, 1.165) is 18.7 Å². The molecule has 0 unspecified atom stereocenters. The minimum Gasteiger partial charge on any atom is -0.496 e. The minimum absolute atomic E-state index is 0.990. The van der Waals surface area contributed by atoms with E-state index in [1.807, 2.05) is 18.2 Å². The van der Waals surface area contributed by atoms with E-state index in [1.54, 1.807) is 7.11 Å². The van der Waals surface area contributed by atoms with E-state index in [4.69, 9.17) is 4.74 Å². The van der Waals surface area contributed by atoms with Gasteiger partial charge in [0.15, 0.2) is 0 Å². The van der Waals surface area contributed by atoms with Gasteiger partial charge in [-0.25, -0.2) is 0 Å². The van der Waals surface area contributed by atoms with Crippen LogP contribution in [0.4, 0.5) is 0 Å². The minimum atomic E-state index is 0.990. The summed E-state index contributed by atoms with van der Waals surface area (Å²) in [6.45, 7) is 1.06. The average Bonchev–Trinajstić information content (AvgIpc) is 2.15. The lowest BCUT2D eigenvalue weighted by Crippen LogP contribution is -2.15. The molecule has 0 heterocycles. The SMILES string of the molecule is COc1ccccc1CCN(C)C. The van der Waals surface area contributed by atoms with E-state index >= 15 is 0 Å². The molecule has 0 aliphatic rings. The fourth-order valence-corrected chi connectivity index (χ4v) is 1.25. The maximum atomic E-state index is 5.26. The van der Waals surface area contributed by atoms with E-state index in [1.165, 1.54) is 5.56 Å². The van der Waals surface area contributed by atoms with Gasteiger partial charge in [0.05, 0.1) is 7.11 Å². The second-order valence-electron chi connectivity index (χ2n) is 3.37. The Hall–Kier alpha value is -1.02. The third kappa shape index (κ3) is 3.07. The van der Waals surface area contributed by atoms with Gasteiger partial charge >= 0.3 is 0 Å². The molecule has 0 radical (unpaired) electrons. The van der Waals surface area contributed by atoms with Crippen LogP contribution in [0.5, 0.6) is 5.75 Å². The summed E-state index contributed by atoms with van der Waals surface area (Å²) in [5.41, 5.74) is 1.28. The predicted octanol–water partition coefficient (Wildman–Crippen LogP) is 1.80. The van der Waals surface area contributed by atoms with Crippen LogP contribution in [0.2, 0.25) is 0 Å². The molecule has 0 atom stereocenters. The summed E-state index contributed by atoms with van der Waals surface area (Å²) in [6.07, 6.45) is 1.04. The number of ether oxygens (including phenoxy) is 1. The fourth-order valence-electron chi connectivity index (χ4n) is 1.25. The molecule has 0 saturated heterocycles. The molecule has 2 heteroatoms. The summed E-state index contributed by atoms with van der Waals surface area (Å²) in [7, 11) is 5.87. The lowest BCUT2D eigenvalue weighted by molar-refractivity contribution is 0.392. The highest BCUT2D eigenvalue weighted by molar-refractivity contribution is 5.33. The van der Waals surface area contributed by atoms with Crippen molar-refractivity contribution >= 4 is 0 Å². The standard InChI is InChI=1S/C11H17NO/c1-12(2)9-8-10-6-4-5-7-11(10)13-3/h4-7H,8-9H2,1-3H3. The monoisotopic (exact) mass is 179 g/mol. The number of benzene rings is 1. The normalized spacial score (nSPS) is 10.5. The van der Waals surface area contributed by atoms with Crippen molar-refractivity contribution in [3.63, 3.8) is 0 Å². The zero-order valence-electron chi connectivity index (χ0n) is 8.58. The summed E-state index contributed by atoms with van der Waals surface area (Å²) in [6, 6.07) is 8.17. The number of methoxy groups -OCH3 is 1. The van der Waals surface area contributed by atoms with Crippen LogP contribution >= 0.6 is 0 Å². The van der Waals surface area contributed by atoms with Crippen molar-refractivity contribution in [2.45, 2.75) is 6.42 Å². The molecular weight excluding hydrogens is 162 g/mol. The number of nitrogens with zero attached hydrogens (tertiary/aromatic N) is 1. The topological polar surface area (TPSA) is 12.5 Å². The molecule has 1 rings (SSSR count). The molecule has 0 bridgehead atoms. The molecule has 13 heavy (non-hydrogen) atoms. The first-order chi connectivity index (χ1) is 6.24. The summed E-state index contributed by atoms with van der Waals surface area (Å²) >= 11 is 0. The van der Waals surface area contributed by atoms with Gasteiger partial charge in [-0.15, -0.1) is 0 Å². The Labute approximate surface area is 80.1 Å². The third-order valence-corrected chi connectivity index (χ3v) is 2.02. The maximum absolute atomic E-state index is 5.26. The van der Waals surface area contributed by atoms with Gasteiger partial charge in [0.1, 0.15) is 5.75 Å². The van der Waals surface area contributed by atoms with Gasteiger partial charge in [0, 0.05) is 6.54 Å². The van der Waals surface area contributed by atoms with Crippen molar-refractivity contribution in [1.29, 1.82) is 0 Å². The van der Waals surface area contributed by atoms with Crippen LogP contribution in [-0.2, 0) is 6.42 Å². The number of hydrogen-bond donors (Lipinski definition) is 0. The predicted molar refractivity (Wildman–Crippen MR) is 55.3 cm³/mol. The van der Waals surface area contributed by atoms with Crippen molar-refractivity contribution in [2.24, 2.45) is 0 Å². The maximum Gasteiger partial charge on any atom is 0.122 e. The van der Waals surface area contributed by atoms with Crippen LogP contribution in [0.15, 0.2) is 24.3 Å². The largest absolute Gasteiger partial charge is 0.496 e. The molecule has 0 fully saturated rings. The van der Waals surface area contributed by atoms with E-state index in [2.05, 4.69) is 25.1 Å². The second kappa shape index (κ2) is 4.87. The molecule has 2 nitrogen and oxygen atoms in total. The third-order valence-electron chi connectivity index (χ3n) is 2.02. The van der Waals surface area contributed by atoms with Crippen LogP contribution in [0.25, 0.3) is 0 Å². The van der Waals surface area contributed by atoms with Crippen molar-refractivity contribution in [3.8, 4) is 5.75 Å². The van der Waals surface area contributed by atoms with Gasteiger partial charge in [-0.2, -0.15) is 0 Å². The molecular formula is C11H17NO. The molecule has 0 N–H and O–H groups in total. The van der Waals surface area contributed by atoms with E-state index in [9.17, 15) is 0 Å². The summed E-state index contributed by atoms with van der Waals surface area (Å²) in [5.74, 6) is 0.990. The number of hydrogen-bond acceptors (Lipinski definition) is 2. The van der Waals surface area contributed by atoms with Gasteiger partial charge in [0.25, 0.3) is 0 Å². The van der Waals surface area contributed by atoms with Crippen molar-refractivity contribution in [3.05, 3.63) is 29.8 Å². The van der Waals surface area contributed by atoms with Crippen molar-refractivity contribution < 1.29 is 4.74 Å². The Bertz CT molecular complexity index is 258. The first-order valence-electron chi connectivity index (χ1n) is 4.50. The van der Waals surface area contributed by atoms with Gasteiger partial charge in [-0.05, 0) is 32.1 Å².